The van der Waals surface area contributed by atoms with Gasteiger partial charge in [0.1, 0.15) is 6.10 Å². The van der Waals surface area contributed by atoms with Crippen molar-refractivity contribution in [1.29, 1.82) is 0 Å². The summed E-state index contributed by atoms with van der Waals surface area (Å²) in [6, 6.07) is 0. The first-order valence-electron chi connectivity index (χ1n) is 6.78. The predicted molar refractivity (Wildman–Crippen MR) is 60.6 cm³/mol. The summed E-state index contributed by atoms with van der Waals surface area (Å²) < 4.78 is 16.7. The maximum atomic E-state index is 12.0. The summed E-state index contributed by atoms with van der Waals surface area (Å²) in [6.45, 7) is 1.24. The van der Waals surface area contributed by atoms with E-state index in [2.05, 4.69) is 0 Å². The molecule has 1 unspecified atom stereocenters. The Hall–Kier alpha value is -0.610. The molecule has 0 amide bonds. The van der Waals surface area contributed by atoms with E-state index < -0.39 is 0 Å². The fourth-order valence-corrected chi connectivity index (χ4v) is 3.11. The van der Waals surface area contributed by atoms with Gasteiger partial charge in [-0.1, -0.05) is 19.3 Å². The largest absolute Gasteiger partial charge is 0.457 e. The molecule has 0 aromatic heterocycles. The highest BCUT2D eigenvalue weighted by molar-refractivity contribution is 5.72. The third-order valence-corrected chi connectivity index (χ3v) is 4.13. The van der Waals surface area contributed by atoms with Crippen molar-refractivity contribution < 1.29 is 19.0 Å². The Morgan fingerprint density at radius 2 is 1.88 bits per heavy atom. The maximum Gasteiger partial charge on any atom is 0.309 e. The number of carbonyl (C=O) groups excluding carboxylic acids is 1. The maximum absolute atomic E-state index is 12.0. The Labute approximate surface area is 102 Å². The van der Waals surface area contributed by atoms with E-state index in [1.165, 1.54) is 6.42 Å². The molecule has 2 heterocycles. The van der Waals surface area contributed by atoms with Gasteiger partial charge in [0.25, 0.3) is 0 Å². The summed E-state index contributed by atoms with van der Waals surface area (Å²) in [7, 11) is 0. The molecule has 0 aromatic carbocycles. The first-order chi connectivity index (χ1) is 8.34. The lowest BCUT2D eigenvalue weighted by molar-refractivity contribution is -0.159. The molecule has 3 rings (SSSR count). The smallest absolute Gasteiger partial charge is 0.309 e. The highest BCUT2D eigenvalue weighted by Gasteiger charge is 2.44. The average Bonchev–Trinajstić information content (AvgIpc) is 2.95. The lowest BCUT2D eigenvalue weighted by Gasteiger charge is -2.23. The predicted octanol–water partition coefficient (Wildman–Crippen LogP) is 1.67. The van der Waals surface area contributed by atoms with Crippen LogP contribution in [0.3, 0.4) is 0 Å². The Kier molecular flexibility index (Phi) is 3.34. The number of esters is 1. The molecule has 0 aromatic rings. The topological polar surface area (TPSA) is 44.8 Å². The monoisotopic (exact) mass is 240 g/mol. The van der Waals surface area contributed by atoms with E-state index in [0.717, 1.165) is 38.7 Å². The SMILES string of the molecule is O=C(OC1CO[C@@H]2CCO[C@H]12)C1CCCCC1. The molecular formula is C13H20O4. The lowest BCUT2D eigenvalue weighted by atomic mass is 9.89. The second-order valence-electron chi connectivity index (χ2n) is 5.31. The van der Waals surface area contributed by atoms with E-state index in [1.54, 1.807) is 0 Å². The van der Waals surface area contributed by atoms with Crippen LogP contribution in [0.5, 0.6) is 0 Å². The van der Waals surface area contributed by atoms with Crippen molar-refractivity contribution in [2.75, 3.05) is 13.2 Å². The molecule has 3 atom stereocenters. The lowest BCUT2D eigenvalue weighted by Crippen LogP contribution is -2.34. The van der Waals surface area contributed by atoms with E-state index in [4.69, 9.17) is 14.2 Å². The quantitative estimate of drug-likeness (QED) is 0.689. The number of carbonyl (C=O) groups is 1. The highest BCUT2D eigenvalue weighted by Crippen LogP contribution is 2.30. The van der Waals surface area contributed by atoms with Gasteiger partial charge in [0, 0.05) is 6.61 Å². The minimum atomic E-state index is -0.170. The van der Waals surface area contributed by atoms with Gasteiger partial charge >= 0.3 is 5.97 Å². The number of ether oxygens (including phenoxy) is 3. The third-order valence-electron chi connectivity index (χ3n) is 4.13. The van der Waals surface area contributed by atoms with Gasteiger partial charge in [-0.05, 0) is 19.3 Å². The van der Waals surface area contributed by atoms with E-state index in [0.29, 0.717) is 6.61 Å². The Morgan fingerprint density at radius 3 is 2.71 bits per heavy atom. The van der Waals surface area contributed by atoms with E-state index in [9.17, 15) is 4.79 Å². The molecule has 3 fully saturated rings. The minimum absolute atomic E-state index is 0.0115. The van der Waals surface area contributed by atoms with Crippen molar-refractivity contribution in [3.63, 3.8) is 0 Å². The highest BCUT2D eigenvalue weighted by atomic mass is 16.6. The minimum Gasteiger partial charge on any atom is -0.457 e. The van der Waals surface area contributed by atoms with Gasteiger partial charge in [-0.3, -0.25) is 4.79 Å². The molecule has 17 heavy (non-hydrogen) atoms. The molecule has 4 nitrogen and oxygen atoms in total. The Balaban J connectivity index is 1.54. The van der Waals surface area contributed by atoms with E-state index in [-0.39, 0.29) is 30.2 Å². The second kappa shape index (κ2) is 4.94. The fourth-order valence-electron chi connectivity index (χ4n) is 3.11. The first-order valence-corrected chi connectivity index (χ1v) is 6.78. The zero-order chi connectivity index (χ0) is 11.7. The van der Waals surface area contributed by atoms with E-state index in [1.807, 2.05) is 0 Å². The Morgan fingerprint density at radius 1 is 1.06 bits per heavy atom. The molecule has 0 N–H and O–H groups in total. The normalized spacial score (nSPS) is 38.0. The van der Waals surface area contributed by atoms with Crippen LogP contribution in [-0.4, -0.2) is 37.5 Å². The molecule has 1 aliphatic carbocycles. The number of hydrogen-bond acceptors (Lipinski definition) is 4. The Bertz CT molecular complexity index is 285. The van der Waals surface area contributed by atoms with Gasteiger partial charge in [0.15, 0.2) is 6.10 Å². The van der Waals surface area contributed by atoms with Crippen molar-refractivity contribution in [3.8, 4) is 0 Å². The van der Waals surface area contributed by atoms with Gasteiger partial charge in [-0.25, -0.2) is 0 Å². The average molecular weight is 240 g/mol. The van der Waals surface area contributed by atoms with Crippen molar-refractivity contribution in [3.05, 3.63) is 0 Å². The molecule has 1 saturated carbocycles. The summed E-state index contributed by atoms with van der Waals surface area (Å²) in [6.07, 6.45) is 6.45. The van der Waals surface area contributed by atoms with Gasteiger partial charge in [0.2, 0.25) is 0 Å². The van der Waals surface area contributed by atoms with Crippen LogP contribution < -0.4 is 0 Å². The molecular weight excluding hydrogens is 220 g/mol. The van der Waals surface area contributed by atoms with Crippen LogP contribution >= 0.6 is 0 Å². The number of hydrogen-bond donors (Lipinski definition) is 0. The van der Waals surface area contributed by atoms with Gasteiger partial charge < -0.3 is 14.2 Å². The third kappa shape index (κ3) is 2.33. The molecule has 0 spiro atoms. The van der Waals surface area contributed by atoms with Crippen molar-refractivity contribution >= 4 is 5.97 Å². The fraction of sp³-hybridized carbons (Fsp3) is 0.923. The van der Waals surface area contributed by atoms with Crippen LogP contribution in [0.15, 0.2) is 0 Å². The summed E-state index contributed by atoms with van der Waals surface area (Å²) in [4.78, 5) is 12.0. The van der Waals surface area contributed by atoms with Crippen LogP contribution in [0, 0.1) is 5.92 Å². The van der Waals surface area contributed by atoms with E-state index >= 15 is 0 Å². The summed E-state index contributed by atoms with van der Waals surface area (Å²) in [5.74, 6) is 0.0821. The molecule has 0 bridgehead atoms. The van der Waals surface area contributed by atoms with Crippen molar-refractivity contribution in [2.24, 2.45) is 5.92 Å². The molecule has 2 aliphatic heterocycles. The van der Waals surface area contributed by atoms with Crippen LogP contribution in [0.2, 0.25) is 0 Å². The molecule has 0 radical (unpaired) electrons. The molecule has 2 saturated heterocycles. The van der Waals surface area contributed by atoms with Crippen LogP contribution in [0.1, 0.15) is 38.5 Å². The van der Waals surface area contributed by atoms with Gasteiger partial charge in [-0.2, -0.15) is 0 Å². The van der Waals surface area contributed by atoms with Gasteiger partial charge in [0.05, 0.1) is 18.6 Å². The van der Waals surface area contributed by atoms with Gasteiger partial charge in [-0.15, -0.1) is 0 Å². The number of fused-ring (bicyclic) bond motifs is 1. The van der Waals surface area contributed by atoms with Crippen molar-refractivity contribution in [1.82, 2.24) is 0 Å². The van der Waals surface area contributed by atoms with Crippen LogP contribution in [-0.2, 0) is 19.0 Å². The first kappa shape index (κ1) is 11.5. The summed E-state index contributed by atoms with van der Waals surface area (Å²) >= 11 is 0. The zero-order valence-electron chi connectivity index (χ0n) is 10.1. The van der Waals surface area contributed by atoms with Crippen molar-refractivity contribution in [2.45, 2.75) is 56.8 Å². The summed E-state index contributed by atoms with van der Waals surface area (Å²) in [5, 5.41) is 0. The second-order valence-corrected chi connectivity index (χ2v) is 5.31. The molecule has 3 aliphatic rings. The number of rotatable bonds is 2. The standard InChI is InChI=1S/C13H20O4/c14-13(9-4-2-1-3-5-9)17-11-8-16-10-6-7-15-12(10)11/h9-12H,1-8H2/t10-,11?,12+/m1/s1. The zero-order valence-corrected chi connectivity index (χ0v) is 10.1. The molecule has 96 valence electrons. The molecule has 4 heteroatoms. The summed E-state index contributed by atoms with van der Waals surface area (Å²) in [5.41, 5.74) is 0. The van der Waals surface area contributed by atoms with Crippen LogP contribution in [0.4, 0.5) is 0 Å². The van der Waals surface area contributed by atoms with Crippen LogP contribution in [0.25, 0.3) is 0 Å².